The smallest absolute Gasteiger partial charge is 0.373 e. The number of rotatable bonds is 7. The maximum Gasteiger partial charge on any atom is 0.373 e. The molecule has 0 atom stereocenters. The highest BCUT2D eigenvalue weighted by Gasteiger charge is 2.16. The molecule has 3 aromatic rings. The standard InChI is InChI=1S/C17H14F2N4O4S/c1-25-16(24)13-7-6-11(27-13)9-26-12-5-3-2-4-10(12)8-20-23-15(14(18)19)21-22-17(23)28/h2-8,14H,9H2,1H3,(H,22,28)/b20-8+. The Kier molecular flexibility index (Phi) is 5.94. The maximum atomic E-state index is 12.9. The molecule has 0 amide bonds. The zero-order valence-corrected chi connectivity index (χ0v) is 15.3. The second-order valence-electron chi connectivity index (χ2n) is 5.33. The fourth-order valence-corrected chi connectivity index (χ4v) is 2.40. The Morgan fingerprint density at radius 1 is 1.39 bits per heavy atom. The van der Waals surface area contributed by atoms with Crippen LogP contribution in [0.4, 0.5) is 8.78 Å². The number of aromatic amines is 1. The van der Waals surface area contributed by atoms with Crippen LogP contribution in [-0.2, 0) is 11.3 Å². The van der Waals surface area contributed by atoms with Crippen LogP contribution in [0.1, 0.15) is 34.1 Å². The molecule has 0 fully saturated rings. The first-order chi connectivity index (χ1) is 13.5. The lowest BCUT2D eigenvalue weighted by Crippen LogP contribution is -2.01. The molecule has 0 aliphatic carbocycles. The van der Waals surface area contributed by atoms with Crippen LogP contribution < -0.4 is 4.74 Å². The van der Waals surface area contributed by atoms with E-state index in [9.17, 15) is 13.6 Å². The number of hydrogen-bond donors (Lipinski definition) is 1. The van der Waals surface area contributed by atoms with Crippen LogP contribution in [0.15, 0.2) is 45.9 Å². The normalized spacial score (nSPS) is 11.3. The molecule has 28 heavy (non-hydrogen) atoms. The SMILES string of the molecule is COC(=O)c1ccc(COc2ccccc2/C=N/n2c(C(F)F)n[nH]c2=S)o1. The molecule has 0 saturated carbocycles. The Morgan fingerprint density at radius 2 is 2.18 bits per heavy atom. The van der Waals surface area contributed by atoms with Gasteiger partial charge in [0.1, 0.15) is 18.1 Å². The second-order valence-corrected chi connectivity index (χ2v) is 5.71. The summed E-state index contributed by atoms with van der Waals surface area (Å²) in [5.74, 6) is -0.291. The van der Waals surface area contributed by atoms with Crippen LogP contribution in [0, 0.1) is 4.77 Å². The van der Waals surface area contributed by atoms with Gasteiger partial charge in [0, 0.05) is 5.56 Å². The van der Waals surface area contributed by atoms with Crippen molar-refractivity contribution in [3.8, 4) is 5.75 Å². The van der Waals surface area contributed by atoms with Crippen LogP contribution in [0.3, 0.4) is 0 Å². The van der Waals surface area contributed by atoms with Crippen LogP contribution in [0.25, 0.3) is 0 Å². The highest BCUT2D eigenvalue weighted by atomic mass is 32.1. The van der Waals surface area contributed by atoms with E-state index in [-0.39, 0.29) is 17.1 Å². The molecule has 2 heterocycles. The molecule has 146 valence electrons. The molecule has 0 aliphatic heterocycles. The van der Waals surface area contributed by atoms with Crippen LogP contribution in [-0.4, -0.2) is 34.2 Å². The summed E-state index contributed by atoms with van der Waals surface area (Å²) in [6.45, 7) is 0.0370. The fraction of sp³-hybridized carbons (Fsp3) is 0.176. The number of aromatic nitrogens is 3. The topological polar surface area (TPSA) is 94.6 Å². The first-order valence-corrected chi connectivity index (χ1v) is 8.29. The van der Waals surface area contributed by atoms with Gasteiger partial charge in [0.15, 0.2) is 0 Å². The van der Waals surface area contributed by atoms with Gasteiger partial charge in [-0.25, -0.2) is 18.7 Å². The quantitative estimate of drug-likeness (QED) is 0.364. The number of nitrogens with one attached hydrogen (secondary N) is 1. The van der Waals surface area contributed by atoms with E-state index >= 15 is 0 Å². The molecule has 2 aromatic heterocycles. The average molecular weight is 408 g/mol. The summed E-state index contributed by atoms with van der Waals surface area (Å²) >= 11 is 4.91. The summed E-state index contributed by atoms with van der Waals surface area (Å²) in [4.78, 5) is 11.4. The van der Waals surface area contributed by atoms with E-state index in [0.717, 1.165) is 4.68 Å². The molecule has 0 saturated heterocycles. The zero-order valence-electron chi connectivity index (χ0n) is 14.5. The number of carbonyl (C=O) groups is 1. The van der Waals surface area contributed by atoms with Crippen molar-refractivity contribution in [3.63, 3.8) is 0 Å². The van der Waals surface area contributed by atoms with E-state index in [4.69, 9.17) is 21.4 Å². The minimum absolute atomic E-state index is 0.0370. The lowest BCUT2D eigenvalue weighted by Gasteiger charge is -2.07. The predicted molar refractivity (Wildman–Crippen MR) is 96.2 cm³/mol. The predicted octanol–water partition coefficient (Wildman–Crippen LogP) is 3.72. The Hall–Kier alpha value is -3.34. The summed E-state index contributed by atoms with van der Waals surface area (Å²) < 4.78 is 42.3. The van der Waals surface area contributed by atoms with Gasteiger partial charge in [0.2, 0.25) is 16.4 Å². The number of para-hydroxylation sites is 1. The third kappa shape index (κ3) is 4.31. The number of H-pyrrole nitrogens is 1. The van der Waals surface area contributed by atoms with Gasteiger partial charge in [-0.1, -0.05) is 12.1 Å². The molecule has 0 unspecified atom stereocenters. The van der Waals surface area contributed by atoms with Gasteiger partial charge in [-0.15, -0.1) is 0 Å². The summed E-state index contributed by atoms with van der Waals surface area (Å²) in [5, 5.41) is 9.68. The summed E-state index contributed by atoms with van der Waals surface area (Å²) in [7, 11) is 1.25. The highest BCUT2D eigenvalue weighted by molar-refractivity contribution is 7.71. The minimum Gasteiger partial charge on any atom is -0.485 e. The summed E-state index contributed by atoms with van der Waals surface area (Å²) in [5.41, 5.74) is 0.519. The van der Waals surface area contributed by atoms with E-state index in [1.54, 1.807) is 30.3 Å². The second kappa shape index (κ2) is 8.57. The van der Waals surface area contributed by atoms with E-state index < -0.39 is 18.2 Å². The number of methoxy groups -OCH3 is 1. The van der Waals surface area contributed by atoms with Crippen molar-refractivity contribution in [1.82, 2.24) is 14.9 Å². The van der Waals surface area contributed by atoms with Crippen molar-refractivity contribution in [3.05, 3.63) is 64.1 Å². The number of ether oxygens (including phenoxy) is 2. The van der Waals surface area contributed by atoms with Crippen molar-refractivity contribution >= 4 is 24.4 Å². The van der Waals surface area contributed by atoms with Crippen molar-refractivity contribution in [2.24, 2.45) is 5.10 Å². The van der Waals surface area contributed by atoms with Crippen LogP contribution in [0.5, 0.6) is 5.75 Å². The number of alkyl halides is 2. The molecule has 0 bridgehead atoms. The zero-order chi connectivity index (χ0) is 20.1. The molecular weight excluding hydrogens is 394 g/mol. The number of carbonyl (C=O) groups excluding carboxylic acids is 1. The number of halogens is 2. The first-order valence-electron chi connectivity index (χ1n) is 7.88. The van der Waals surface area contributed by atoms with Gasteiger partial charge in [-0.05, 0) is 36.5 Å². The fourth-order valence-electron chi connectivity index (χ4n) is 2.21. The van der Waals surface area contributed by atoms with E-state index in [1.807, 2.05) is 0 Å². The van der Waals surface area contributed by atoms with E-state index in [2.05, 4.69) is 20.0 Å². The molecule has 1 N–H and O–H groups in total. The number of hydrogen-bond acceptors (Lipinski definition) is 7. The van der Waals surface area contributed by atoms with Crippen molar-refractivity contribution < 1.29 is 27.5 Å². The van der Waals surface area contributed by atoms with Gasteiger partial charge in [-0.3, -0.25) is 0 Å². The Morgan fingerprint density at radius 3 is 2.93 bits per heavy atom. The molecule has 0 spiro atoms. The summed E-state index contributed by atoms with van der Waals surface area (Å²) in [6, 6.07) is 9.90. The molecule has 3 rings (SSSR count). The van der Waals surface area contributed by atoms with Gasteiger partial charge in [0.05, 0.1) is 13.3 Å². The average Bonchev–Trinajstić information content (AvgIpc) is 3.31. The van der Waals surface area contributed by atoms with Gasteiger partial charge in [0.25, 0.3) is 6.43 Å². The lowest BCUT2D eigenvalue weighted by molar-refractivity contribution is 0.0561. The Labute approximate surface area is 162 Å². The molecule has 1 aromatic carbocycles. The number of benzene rings is 1. The minimum atomic E-state index is -2.83. The Bertz CT molecular complexity index is 1060. The van der Waals surface area contributed by atoms with E-state index in [0.29, 0.717) is 17.1 Å². The van der Waals surface area contributed by atoms with Gasteiger partial charge in [-0.2, -0.15) is 14.9 Å². The van der Waals surface area contributed by atoms with Gasteiger partial charge >= 0.3 is 5.97 Å². The van der Waals surface area contributed by atoms with Crippen molar-refractivity contribution in [2.75, 3.05) is 7.11 Å². The van der Waals surface area contributed by atoms with Crippen molar-refractivity contribution in [1.29, 1.82) is 0 Å². The molecule has 11 heteroatoms. The van der Waals surface area contributed by atoms with Crippen LogP contribution in [0.2, 0.25) is 0 Å². The summed E-state index contributed by atoms with van der Waals surface area (Å²) in [6.07, 6.45) is -1.51. The molecule has 0 radical (unpaired) electrons. The molecular formula is C17H14F2N4O4S. The Balaban J connectivity index is 1.77. The monoisotopic (exact) mass is 408 g/mol. The third-order valence-corrected chi connectivity index (χ3v) is 3.78. The van der Waals surface area contributed by atoms with Crippen LogP contribution >= 0.6 is 12.2 Å². The third-order valence-electron chi connectivity index (χ3n) is 3.52. The van der Waals surface area contributed by atoms with E-state index in [1.165, 1.54) is 19.4 Å². The number of furan rings is 1. The first kappa shape index (κ1) is 19.4. The van der Waals surface area contributed by atoms with Crippen molar-refractivity contribution in [2.45, 2.75) is 13.0 Å². The highest BCUT2D eigenvalue weighted by Crippen LogP contribution is 2.20. The van der Waals surface area contributed by atoms with Gasteiger partial charge < -0.3 is 13.9 Å². The largest absolute Gasteiger partial charge is 0.485 e. The number of nitrogens with zero attached hydrogens (tertiary/aromatic N) is 3. The number of esters is 1. The maximum absolute atomic E-state index is 12.9. The molecule has 8 nitrogen and oxygen atoms in total. The lowest BCUT2D eigenvalue weighted by atomic mass is 10.2. The molecule has 0 aliphatic rings.